The van der Waals surface area contributed by atoms with Gasteiger partial charge in [0.1, 0.15) is 0 Å². The van der Waals surface area contributed by atoms with Crippen LogP contribution in [-0.2, 0) is 9.59 Å². The molecule has 6 heteroatoms. The molecule has 1 aliphatic carbocycles. The third-order valence-electron chi connectivity index (χ3n) is 4.55. The summed E-state index contributed by atoms with van der Waals surface area (Å²) >= 11 is 0. The number of hydrogen-bond acceptors (Lipinski definition) is 4. The van der Waals surface area contributed by atoms with Crippen molar-refractivity contribution in [2.24, 2.45) is 17.1 Å². The second-order valence-electron chi connectivity index (χ2n) is 6.18. The number of carbonyl (C=O) groups excluding carboxylic acids is 1. The van der Waals surface area contributed by atoms with E-state index in [1.807, 2.05) is 13.8 Å². The average Bonchev–Trinajstić information content (AvgIpc) is 2.61. The molecule has 6 nitrogen and oxygen atoms in total. The van der Waals surface area contributed by atoms with Gasteiger partial charge < -0.3 is 21.3 Å². The number of carboxylic acids is 1. The van der Waals surface area contributed by atoms with Crippen LogP contribution in [0.1, 0.15) is 46.5 Å². The summed E-state index contributed by atoms with van der Waals surface area (Å²) in [5, 5.41) is 22.3. The summed E-state index contributed by atoms with van der Waals surface area (Å²) in [6, 6.07) is -0.283. The Kier molecular flexibility index (Phi) is 5.53. The average molecular weight is 286 g/mol. The molecule has 116 valence electrons. The Bertz CT molecular complexity index is 374. The van der Waals surface area contributed by atoms with Crippen LogP contribution in [0.4, 0.5) is 0 Å². The number of hydrogen-bond donors (Lipinski definition) is 4. The molecule has 5 unspecified atom stereocenters. The maximum Gasteiger partial charge on any atom is 0.312 e. The van der Waals surface area contributed by atoms with Crippen molar-refractivity contribution < 1.29 is 19.8 Å². The van der Waals surface area contributed by atoms with E-state index in [-0.39, 0.29) is 23.9 Å². The molecule has 0 aromatic rings. The van der Waals surface area contributed by atoms with Gasteiger partial charge in [-0.05, 0) is 38.5 Å². The summed E-state index contributed by atoms with van der Waals surface area (Å²) < 4.78 is 0. The number of nitrogens with two attached hydrogens (primary N) is 1. The minimum atomic E-state index is -1.14. The quantitative estimate of drug-likeness (QED) is 0.567. The number of aliphatic hydroxyl groups is 1. The van der Waals surface area contributed by atoms with Crippen LogP contribution in [0.5, 0.6) is 0 Å². The van der Waals surface area contributed by atoms with Gasteiger partial charge in [0.05, 0.1) is 11.5 Å². The van der Waals surface area contributed by atoms with Gasteiger partial charge in [0.15, 0.2) is 0 Å². The fraction of sp³-hybridized carbons (Fsp3) is 0.857. The molecule has 20 heavy (non-hydrogen) atoms. The maximum absolute atomic E-state index is 11.6. The van der Waals surface area contributed by atoms with Crippen LogP contribution in [0.3, 0.4) is 0 Å². The Hall–Kier alpha value is -1.14. The van der Waals surface area contributed by atoms with Crippen LogP contribution in [-0.4, -0.2) is 40.3 Å². The number of aliphatic hydroxyl groups excluding tert-OH is 1. The minimum absolute atomic E-state index is 0.0226. The Balaban J connectivity index is 2.65. The number of rotatable bonds is 6. The summed E-state index contributed by atoms with van der Waals surface area (Å²) in [6.07, 6.45) is 0.755. The molecule has 0 bridgehead atoms. The number of carbonyl (C=O) groups is 2. The molecule has 0 radical (unpaired) electrons. The van der Waals surface area contributed by atoms with E-state index >= 15 is 0 Å². The van der Waals surface area contributed by atoms with Crippen LogP contribution in [0, 0.1) is 11.3 Å². The summed E-state index contributed by atoms with van der Waals surface area (Å²) in [4.78, 5) is 22.6. The van der Waals surface area contributed by atoms with Crippen LogP contribution in [0.25, 0.3) is 0 Å². The van der Waals surface area contributed by atoms with Crippen LogP contribution >= 0.6 is 0 Å². The lowest BCUT2D eigenvalue weighted by atomic mass is 9.77. The third kappa shape index (κ3) is 3.70. The highest BCUT2D eigenvalue weighted by molar-refractivity contribution is 5.76. The molecular formula is C14H26N2O4. The fourth-order valence-corrected chi connectivity index (χ4v) is 3.00. The Morgan fingerprint density at radius 1 is 1.45 bits per heavy atom. The molecule has 1 fully saturated rings. The normalized spacial score (nSPS) is 32.6. The largest absolute Gasteiger partial charge is 0.481 e. The predicted octanol–water partition coefficient (Wildman–Crippen LogP) is 0.480. The van der Waals surface area contributed by atoms with Gasteiger partial charge in [0.2, 0.25) is 5.91 Å². The van der Waals surface area contributed by atoms with Gasteiger partial charge in [-0.25, -0.2) is 0 Å². The van der Waals surface area contributed by atoms with Crippen molar-refractivity contribution in [3.8, 4) is 0 Å². The Morgan fingerprint density at radius 2 is 2.05 bits per heavy atom. The van der Waals surface area contributed by atoms with Crippen LogP contribution in [0.2, 0.25) is 0 Å². The molecule has 5 N–H and O–H groups in total. The molecular weight excluding hydrogens is 260 g/mol. The standard InChI is InChI=1S/C14H26N2O4/c1-8(9(2)16-10(3)17)4-5-14(13(19)20)7-11(15)6-12(14)18/h8-9,11-12,18H,4-7,15H2,1-3H3,(H,16,17)(H,19,20). The van der Waals surface area contributed by atoms with Gasteiger partial charge in [-0.3, -0.25) is 9.59 Å². The van der Waals surface area contributed by atoms with Gasteiger partial charge in [0.25, 0.3) is 0 Å². The molecule has 0 aromatic carbocycles. The first-order valence-corrected chi connectivity index (χ1v) is 7.13. The zero-order valence-electron chi connectivity index (χ0n) is 12.4. The molecule has 5 atom stereocenters. The molecule has 1 rings (SSSR count). The smallest absolute Gasteiger partial charge is 0.312 e. The third-order valence-corrected chi connectivity index (χ3v) is 4.55. The van der Waals surface area contributed by atoms with E-state index in [1.54, 1.807) is 0 Å². The van der Waals surface area contributed by atoms with Crippen LogP contribution < -0.4 is 11.1 Å². The molecule has 1 aliphatic rings. The second kappa shape index (κ2) is 6.54. The topological polar surface area (TPSA) is 113 Å². The predicted molar refractivity (Wildman–Crippen MR) is 75.0 cm³/mol. The van der Waals surface area contributed by atoms with E-state index in [4.69, 9.17) is 5.73 Å². The first-order valence-electron chi connectivity index (χ1n) is 7.13. The lowest BCUT2D eigenvalue weighted by Gasteiger charge is -2.30. The highest BCUT2D eigenvalue weighted by atomic mass is 16.4. The molecule has 0 spiro atoms. The van der Waals surface area contributed by atoms with Crippen molar-refractivity contribution in [2.75, 3.05) is 0 Å². The van der Waals surface area contributed by atoms with Crippen molar-refractivity contribution in [3.63, 3.8) is 0 Å². The van der Waals surface area contributed by atoms with E-state index in [9.17, 15) is 19.8 Å². The maximum atomic E-state index is 11.6. The summed E-state index contributed by atoms with van der Waals surface area (Å²) in [6.45, 7) is 5.33. The van der Waals surface area contributed by atoms with Gasteiger partial charge in [-0.1, -0.05) is 6.92 Å². The zero-order valence-corrected chi connectivity index (χ0v) is 12.4. The Labute approximate surface area is 119 Å². The molecule has 1 amide bonds. The monoisotopic (exact) mass is 286 g/mol. The van der Waals surface area contributed by atoms with E-state index in [0.29, 0.717) is 25.7 Å². The van der Waals surface area contributed by atoms with E-state index < -0.39 is 17.5 Å². The lowest BCUT2D eigenvalue weighted by molar-refractivity contribution is -0.155. The van der Waals surface area contributed by atoms with E-state index in [2.05, 4.69) is 5.32 Å². The fourth-order valence-electron chi connectivity index (χ4n) is 3.00. The van der Waals surface area contributed by atoms with Crippen molar-refractivity contribution >= 4 is 11.9 Å². The lowest BCUT2D eigenvalue weighted by Crippen LogP contribution is -2.41. The molecule has 0 aromatic heterocycles. The van der Waals surface area contributed by atoms with E-state index in [0.717, 1.165) is 0 Å². The van der Waals surface area contributed by atoms with Crippen molar-refractivity contribution in [3.05, 3.63) is 0 Å². The summed E-state index contributed by atoms with van der Waals surface area (Å²) in [7, 11) is 0. The summed E-state index contributed by atoms with van der Waals surface area (Å²) in [5.41, 5.74) is 4.65. The molecule has 0 heterocycles. The highest BCUT2D eigenvalue weighted by Gasteiger charge is 2.51. The van der Waals surface area contributed by atoms with Gasteiger partial charge in [-0.2, -0.15) is 0 Å². The number of carboxylic acid groups (broad SMARTS) is 1. The number of nitrogens with one attached hydrogen (secondary N) is 1. The first-order chi connectivity index (χ1) is 9.19. The van der Waals surface area contributed by atoms with E-state index in [1.165, 1.54) is 6.92 Å². The number of aliphatic carboxylic acids is 1. The summed E-state index contributed by atoms with van der Waals surface area (Å²) in [5.74, 6) is -0.934. The van der Waals surface area contributed by atoms with Crippen LogP contribution in [0.15, 0.2) is 0 Å². The molecule has 1 saturated carbocycles. The van der Waals surface area contributed by atoms with Gasteiger partial charge in [0, 0.05) is 19.0 Å². The zero-order chi connectivity index (χ0) is 15.5. The van der Waals surface area contributed by atoms with Crippen molar-refractivity contribution in [1.82, 2.24) is 5.32 Å². The number of amides is 1. The second-order valence-corrected chi connectivity index (χ2v) is 6.18. The molecule has 0 aliphatic heterocycles. The minimum Gasteiger partial charge on any atom is -0.481 e. The molecule has 0 saturated heterocycles. The van der Waals surface area contributed by atoms with Crippen molar-refractivity contribution in [1.29, 1.82) is 0 Å². The SMILES string of the molecule is CC(=O)NC(C)C(C)CCC1(C(=O)O)CC(N)CC1O. The first kappa shape index (κ1) is 16.9. The van der Waals surface area contributed by atoms with Gasteiger partial charge in [-0.15, -0.1) is 0 Å². The van der Waals surface area contributed by atoms with Gasteiger partial charge >= 0.3 is 5.97 Å². The highest BCUT2D eigenvalue weighted by Crippen LogP contribution is 2.43. The Morgan fingerprint density at radius 3 is 2.45 bits per heavy atom. The van der Waals surface area contributed by atoms with Crippen molar-refractivity contribution in [2.45, 2.75) is 64.6 Å².